The predicted molar refractivity (Wildman–Crippen MR) is 37.4 cm³/mol. The number of carbonyl (C=O) groups excluding carboxylic acids is 1. The molecule has 1 aliphatic rings. The Kier molecular flexibility index (Phi) is 2.20. The van der Waals surface area contributed by atoms with E-state index in [2.05, 4.69) is 0 Å². The van der Waals surface area contributed by atoms with E-state index in [0.29, 0.717) is 12.8 Å². The molecule has 0 N–H and O–H groups in total. The first-order valence-electron chi connectivity index (χ1n) is 3.51. The van der Waals surface area contributed by atoms with Gasteiger partial charge in [-0.2, -0.15) is 0 Å². The molecule has 0 aromatic heterocycles. The first-order chi connectivity index (χ1) is 4.70. The number of alkyl halides is 1. The fraction of sp³-hybridized carbons (Fsp3) is 0.625. The lowest BCUT2D eigenvalue weighted by molar-refractivity contribution is -0.120. The van der Waals surface area contributed by atoms with Crippen LogP contribution in [0.3, 0.4) is 0 Å². The summed E-state index contributed by atoms with van der Waals surface area (Å²) in [6.07, 6.45) is 3.60. The molecule has 2 atom stereocenters. The summed E-state index contributed by atoms with van der Waals surface area (Å²) >= 11 is 0. The molecule has 0 radical (unpaired) electrons. The maximum absolute atomic E-state index is 12.6. The summed E-state index contributed by atoms with van der Waals surface area (Å²) in [7, 11) is 0. The van der Waals surface area contributed by atoms with Gasteiger partial charge in [0.1, 0.15) is 12.0 Å². The molecule has 0 unspecified atom stereocenters. The molecule has 0 amide bonds. The number of hydrogen-bond donors (Lipinski definition) is 0. The Balaban J connectivity index is 2.55. The molecular weight excluding hydrogens is 131 g/mol. The van der Waals surface area contributed by atoms with Gasteiger partial charge < -0.3 is 0 Å². The maximum Gasteiger partial charge on any atom is 0.136 e. The number of Topliss-reactive ketones (excluding diaryl/α,β-unsaturated/α-hetero) is 1. The molecule has 0 aliphatic heterocycles. The Hall–Kier alpha value is -0.660. The van der Waals surface area contributed by atoms with Gasteiger partial charge in [0.15, 0.2) is 0 Å². The molecule has 1 aliphatic carbocycles. The smallest absolute Gasteiger partial charge is 0.136 e. The normalized spacial score (nSPS) is 32.2. The highest BCUT2D eigenvalue weighted by Gasteiger charge is 2.19. The topological polar surface area (TPSA) is 17.1 Å². The highest BCUT2D eigenvalue weighted by atomic mass is 19.1. The van der Waals surface area contributed by atoms with Gasteiger partial charge in [-0.25, -0.2) is 4.39 Å². The van der Waals surface area contributed by atoms with E-state index >= 15 is 0 Å². The molecule has 0 fully saturated rings. The fourth-order valence-corrected chi connectivity index (χ4v) is 1.14. The molecule has 56 valence electrons. The zero-order chi connectivity index (χ0) is 7.56. The minimum Gasteiger partial charge on any atom is -0.299 e. The summed E-state index contributed by atoms with van der Waals surface area (Å²) < 4.78 is 12.6. The predicted octanol–water partition coefficient (Wildman–Crippen LogP) is 1.88. The van der Waals surface area contributed by atoms with Gasteiger partial charge in [-0.1, -0.05) is 12.2 Å². The van der Waals surface area contributed by atoms with E-state index in [9.17, 15) is 9.18 Å². The average Bonchev–Trinajstić information content (AvgIpc) is 1.88. The van der Waals surface area contributed by atoms with Crippen molar-refractivity contribution in [3.05, 3.63) is 12.2 Å². The van der Waals surface area contributed by atoms with Crippen molar-refractivity contribution in [3.8, 4) is 0 Å². The van der Waals surface area contributed by atoms with Crippen LogP contribution in [0, 0.1) is 5.92 Å². The number of ketones is 1. The highest BCUT2D eigenvalue weighted by Crippen LogP contribution is 2.20. The van der Waals surface area contributed by atoms with Gasteiger partial charge in [-0.3, -0.25) is 4.79 Å². The van der Waals surface area contributed by atoms with Crippen molar-refractivity contribution in [2.24, 2.45) is 5.92 Å². The Morgan fingerprint density at radius 3 is 2.80 bits per heavy atom. The Bertz CT molecular complexity index is 163. The van der Waals surface area contributed by atoms with Crippen molar-refractivity contribution in [2.75, 3.05) is 0 Å². The molecule has 1 rings (SSSR count). The standard InChI is InChI=1S/C8H11FO/c1-6(10)7-3-2-4-8(9)5-7/h2-3,7-8H,4-5H2,1H3/t7-,8-/m0/s1. The third-order valence-corrected chi connectivity index (χ3v) is 1.79. The summed E-state index contributed by atoms with van der Waals surface area (Å²) in [5.41, 5.74) is 0. The van der Waals surface area contributed by atoms with Gasteiger partial charge in [0.25, 0.3) is 0 Å². The monoisotopic (exact) mass is 142 g/mol. The molecule has 0 aromatic rings. The number of allylic oxidation sites excluding steroid dienone is 2. The number of halogens is 1. The van der Waals surface area contributed by atoms with Crippen molar-refractivity contribution >= 4 is 5.78 Å². The summed E-state index contributed by atoms with van der Waals surface area (Å²) in [5.74, 6) is -0.0950. The van der Waals surface area contributed by atoms with E-state index in [-0.39, 0.29) is 11.7 Å². The molecule has 0 aromatic carbocycles. The second kappa shape index (κ2) is 2.95. The van der Waals surface area contributed by atoms with Crippen molar-refractivity contribution < 1.29 is 9.18 Å². The van der Waals surface area contributed by atoms with Crippen LogP contribution in [0.15, 0.2) is 12.2 Å². The van der Waals surface area contributed by atoms with Crippen LogP contribution in [0.1, 0.15) is 19.8 Å². The zero-order valence-electron chi connectivity index (χ0n) is 6.01. The second-order valence-corrected chi connectivity index (χ2v) is 2.71. The molecule has 1 nitrogen and oxygen atoms in total. The summed E-state index contributed by atoms with van der Waals surface area (Å²) in [6, 6.07) is 0. The van der Waals surface area contributed by atoms with Crippen LogP contribution in [-0.2, 0) is 4.79 Å². The lowest BCUT2D eigenvalue weighted by Crippen LogP contribution is -2.17. The SMILES string of the molecule is CC(=O)[C@H]1C=CC[C@H](F)C1. The molecule has 0 saturated carbocycles. The van der Waals surface area contributed by atoms with Crippen LogP contribution in [0.4, 0.5) is 4.39 Å². The maximum atomic E-state index is 12.6. The van der Waals surface area contributed by atoms with Gasteiger partial charge >= 0.3 is 0 Å². The average molecular weight is 142 g/mol. The summed E-state index contributed by atoms with van der Waals surface area (Å²) in [5, 5.41) is 0. The lowest BCUT2D eigenvalue weighted by Gasteiger charge is -2.15. The van der Waals surface area contributed by atoms with Gasteiger partial charge in [0.2, 0.25) is 0 Å². The van der Waals surface area contributed by atoms with Crippen LogP contribution in [0.25, 0.3) is 0 Å². The van der Waals surface area contributed by atoms with Crippen molar-refractivity contribution in [1.82, 2.24) is 0 Å². The van der Waals surface area contributed by atoms with E-state index in [4.69, 9.17) is 0 Å². The molecular formula is C8H11FO. The van der Waals surface area contributed by atoms with Crippen LogP contribution in [0.2, 0.25) is 0 Å². The zero-order valence-corrected chi connectivity index (χ0v) is 6.01. The van der Waals surface area contributed by atoms with Gasteiger partial charge in [0.05, 0.1) is 0 Å². The molecule has 0 heterocycles. The number of carbonyl (C=O) groups is 1. The van der Waals surface area contributed by atoms with E-state index in [1.54, 1.807) is 12.2 Å². The van der Waals surface area contributed by atoms with Gasteiger partial charge in [-0.15, -0.1) is 0 Å². The molecule has 0 spiro atoms. The number of rotatable bonds is 1. The van der Waals surface area contributed by atoms with Crippen LogP contribution in [0.5, 0.6) is 0 Å². The van der Waals surface area contributed by atoms with E-state index in [0.717, 1.165) is 0 Å². The molecule has 10 heavy (non-hydrogen) atoms. The van der Waals surface area contributed by atoms with E-state index < -0.39 is 6.17 Å². The largest absolute Gasteiger partial charge is 0.299 e. The lowest BCUT2D eigenvalue weighted by atomic mass is 9.92. The first-order valence-corrected chi connectivity index (χ1v) is 3.51. The Morgan fingerprint density at radius 2 is 2.40 bits per heavy atom. The Morgan fingerprint density at radius 1 is 1.70 bits per heavy atom. The quantitative estimate of drug-likeness (QED) is 0.511. The minimum atomic E-state index is -0.807. The highest BCUT2D eigenvalue weighted by molar-refractivity contribution is 5.80. The van der Waals surface area contributed by atoms with Gasteiger partial charge in [0, 0.05) is 5.92 Å². The van der Waals surface area contributed by atoms with Crippen LogP contribution in [-0.4, -0.2) is 12.0 Å². The van der Waals surface area contributed by atoms with E-state index in [1.807, 2.05) is 0 Å². The minimum absolute atomic E-state index is 0.0681. The summed E-state index contributed by atoms with van der Waals surface area (Å²) in [4.78, 5) is 10.7. The van der Waals surface area contributed by atoms with Crippen LogP contribution >= 0.6 is 0 Å². The summed E-state index contributed by atoms with van der Waals surface area (Å²) in [6.45, 7) is 1.51. The molecule has 2 heteroatoms. The fourth-order valence-electron chi connectivity index (χ4n) is 1.14. The van der Waals surface area contributed by atoms with Crippen molar-refractivity contribution in [1.29, 1.82) is 0 Å². The third-order valence-electron chi connectivity index (χ3n) is 1.79. The third kappa shape index (κ3) is 1.66. The van der Waals surface area contributed by atoms with E-state index in [1.165, 1.54) is 6.92 Å². The van der Waals surface area contributed by atoms with Crippen molar-refractivity contribution in [3.63, 3.8) is 0 Å². The van der Waals surface area contributed by atoms with Gasteiger partial charge in [-0.05, 0) is 19.8 Å². The molecule has 0 saturated heterocycles. The molecule has 0 bridgehead atoms. The van der Waals surface area contributed by atoms with Crippen LogP contribution < -0.4 is 0 Å². The second-order valence-electron chi connectivity index (χ2n) is 2.71. The number of hydrogen-bond acceptors (Lipinski definition) is 1. The Labute approximate surface area is 59.9 Å². The first kappa shape index (κ1) is 7.45. The van der Waals surface area contributed by atoms with Crippen molar-refractivity contribution in [2.45, 2.75) is 25.9 Å².